The summed E-state index contributed by atoms with van der Waals surface area (Å²) in [6.07, 6.45) is 0.741. The summed E-state index contributed by atoms with van der Waals surface area (Å²) in [6.45, 7) is 2.76. The summed E-state index contributed by atoms with van der Waals surface area (Å²) >= 11 is 3.34. The van der Waals surface area contributed by atoms with Crippen LogP contribution in [0.1, 0.15) is 34.1 Å². The number of carbonyl (C=O) groups is 3. The van der Waals surface area contributed by atoms with Crippen molar-refractivity contribution in [3.05, 3.63) is 58.1 Å². The number of esters is 1. The largest absolute Gasteiger partial charge is 0.490 e. The maximum absolute atomic E-state index is 12.2. The molecule has 0 unspecified atom stereocenters. The predicted octanol–water partition coefficient (Wildman–Crippen LogP) is 2.88. The Kier molecular flexibility index (Phi) is 10.5. The van der Waals surface area contributed by atoms with E-state index in [9.17, 15) is 14.4 Å². The second-order valence-electron chi connectivity index (χ2n) is 6.44. The molecule has 32 heavy (non-hydrogen) atoms. The molecule has 0 radical (unpaired) electrons. The molecule has 172 valence electrons. The van der Waals surface area contributed by atoms with Crippen LogP contribution in [0, 0.1) is 0 Å². The van der Waals surface area contributed by atoms with Crippen molar-refractivity contribution >= 4 is 33.7 Å². The first-order valence-corrected chi connectivity index (χ1v) is 10.6. The van der Waals surface area contributed by atoms with Crippen LogP contribution in [-0.2, 0) is 14.3 Å². The Morgan fingerprint density at radius 3 is 2.28 bits per heavy atom. The lowest BCUT2D eigenvalue weighted by Gasteiger charge is -2.11. The molecule has 9 nitrogen and oxygen atoms in total. The molecule has 0 fully saturated rings. The topological polar surface area (TPSA) is 112 Å². The molecular weight excluding hydrogens is 484 g/mol. The van der Waals surface area contributed by atoms with Crippen LogP contribution in [-0.4, -0.2) is 51.3 Å². The van der Waals surface area contributed by atoms with Crippen molar-refractivity contribution in [3.8, 4) is 11.5 Å². The third-order valence-electron chi connectivity index (χ3n) is 3.95. The Morgan fingerprint density at radius 2 is 1.62 bits per heavy atom. The van der Waals surface area contributed by atoms with Gasteiger partial charge in [0.25, 0.3) is 11.8 Å². The van der Waals surface area contributed by atoms with E-state index in [0.29, 0.717) is 46.9 Å². The van der Waals surface area contributed by atoms with E-state index in [1.54, 1.807) is 49.6 Å². The Bertz CT molecular complexity index is 919. The molecule has 2 N–H and O–H groups in total. The molecule has 2 rings (SSSR count). The Morgan fingerprint density at radius 1 is 0.906 bits per heavy atom. The van der Waals surface area contributed by atoms with Gasteiger partial charge in [0.05, 0.1) is 23.2 Å². The normalized spacial score (nSPS) is 10.2. The molecule has 2 aromatic rings. The molecule has 0 atom stereocenters. The highest BCUT2D eigenvalue weighted by Crippen LogP contribution is 2.26. The fourth-order valence-corrected chi connectivity index (χ4v) is 2.84. The number of hydrogen-bond acceptors (Lipinski definition) is 7. The van der Waals surface area contributed by atoms with Crippen molar-refractivity contribution in [1.82, 2.24) is 10.9 Å². The van der Waals surface area contributed by atoms with Gasteiger partial charge in [0.1, 0.15) is 18.1 Å². The number of halogens is 1. The van der Waals surface area contributed by atoms with E-state index in [1.807, 2.05) is 6.92 Å². The molecular formula is C22H25BrN2O7. The summed E-state index contributed by atoms with van der Waals surface area (Å²) in [7, 11) is 1.58. The highest BCUT2D eigenvalue weighted by Gasteiger charge is 2.11. The number of carbonyl (C=O) groups excluding carboxylic acids is 3. The molecule has 0 bridgehead atoms. The van der Waals surface area contributed by atoms with Crippen LogP contribution in [0.2, 0.25) is 0 Å². The van der Waals surface area contributed by atoms with Gasteiger partial charge in [-0.15, -0.1) is 0 Å². The summed E-state index contributed by atoms with van der Waals surface area (Å²) in [4.78, 5) is 35.9. The molecule has 2 amide bonds. The van der Waals surface area contributed by atoms with Crippen LogP contribution in [0.4, 0.5) is 0 Å². The van der Waals surface area contributed by atoms with Crippen LogP contribution in [0.3, 0.4) is 0 Å². The van der Waals surface area contributed by atoms with Gasteiger partial charge in [-0.1, -0.05) is 6.92 Å². The number of methoxy groups -OCH3 is 1. The van der Waals surface area contributed by atoms with Gasteiger partial charge in [-0.25, -0.2) is 4.79 Å². The molecule has 0 aliphatic rings. The van der Waals surface area contributed by atoms with E-state index in [-0.39, 0.29) is 6.61 Å². The first kappa shape index (κ1) is 25.2. The molecule has 10 heteroatoms. The van der Waals surface area contributed by atoms with Gasteiger partial charge in [0.15, 0.2) is 6.61 Å². The van der Waals surface area contributed by atoms with Gasteiger partial charge in [-0.3, -0.25) is 20.4 Å². The molecule has 0 saturated heterocycles. The Labute approximate surface area is 194 Å². The third kappa shape index (κ3) is 8.20. The van der Waals surface area contributed by atoms with Crippen LogP contribution in [0.15, 0.2) is 46.9 Å². The highest BCUT2D eigenvalue weighted by molar-refractivity contribution is 9.10. The minimum absolute atomic E-state index is 0.322. The van der Waals surface area contributed by atoms with Crippen molar-refractivity contribution in [3.63, 3.8) is 0 Å². The highest BCUT2D eigenvalue weighted by atomic mass is 79.9. The van der Waals surface area contributed by atoms with Gasteiger partial charge in [0.2, 0.25) is 0 Å². The molecule has 2 aromatic carbocycles. The summed E-state index contributed by atoms with van der Waals surface area (Å²) in [6, 6.07) is 11.0. The van der Waals surface area contributed by atoms with Crippen LogP contribution in [0.5, 0.6) is 11.5 Å². The van der Waals surface area contributed by atoms with Crippen LogP contribution in [0.25, 0.3) is 0 Å². The molecule has 0 aliphatic heterocycles. The van der Waals surface area contributed by atoms with Gasteiger partial charge < -0.3 is 18.9 Å². The lowest BCUT2D eigenvalue weighted by Crippen LogP contribution is -2.43. The van der Waals surface area contributed by atoms with Crippen molar-refractivity contribution in [2.75, 3.05) is 33.5 Å². The van der Waals surface area contributed by atoms with Crippen molar-refractivity contribution in [2.24, 2.45) is 0 Å². The standard InChI is InChI=1S/C22H25BrN2O7/c1-3-10-31-22(28)15-4-7-17(8-5-15)32-14-20(26)24-25-21(27)16-6-9-19(18(23)13-16)30-12-11-29-2/h4-9,13H,3,10-12,14H2,1-2H3,(H,24,26)(H,25,27). The average Bonchev–Trinajstić information content (AvgIpc) is 2.81. The summed E-state index contributed by atoms with van der Waals surface area (Å²) in [5, 5.41) is 0. The molecule has 0 aromatic heterocycles. The van der Waals surface area contributed by atoms with Gasteiger partial charge in [-0.2, -0.15) is 0 Å². The van der Waals surface area contributed by atoms with Crippen molar-refractivity contribution < 1.29 is 33.3 Å². The Balaban J connectivity index is 1.77. The smallest absolute Gasteiger partial charge is 0.338 e. The second kappa shape index (κ2) is 13.3. The van der Waals surface area contributed by atoms with Crippen LogP contribution >= 0.6 is 15.9 Å². The zero-order valence-corrected chi connectivity index (χ0v) is 19.4. The summed E-state index contributed by atoms with van der Waals surface area (Å²) in [5.41, 5.74) is 5.31. The molecule has 0 heterocycles. The van der Waals surface area contributed by atoms with Crippen molar-refractivity contribution in [1.29, 1.82) is 0 Å². The summed E-state index contributed by atoms with van der Waals surface area (Å²) in [5.74, 6) is -0.506. The quantitative estimate of drug-likeness (QED) is 0.272. The van der Waals surface area contributed by atoms with E-state index < -0.39 is 17.8 Å². The minimum Gasteiger partial charge on any atom is -0.490 e. The number of nitrogens with one attached hydrogen (secondary N) is 2. The van der Waals surface area contributed by atoms with Crippen LogP contribution < -0.4 is 20.3 Å². The number of hydrogen-bond donors (Lipinski definition) is 2. The fraction of sp³-hybridized carbons (Fsp3) is 0.318. The zero-order valence-electron chi connectivity index (χ0n) is 17.8. The second-order valence-corrected chi connectivity index (χ2v) is 7.29. The fourth-order valence-electron chi connectivity index (χ4n) is 2.34. The van der Waals surface area contributed by atoms with E-state index in [2.05, 4.69) is 26.8 Å². The molecule has 0 aliphatic carbocycles. The first-order valence-electron chi connectivity index (χ1n) is 9.85. The van der Waals surface area contributed by atoms with E-state index in [4.69, 9.17) is 18.9 Å². The minimum atomic E-state index is -0.552. The number of hydrazine groups is 1. The first-order chi connectivity index (χ1) is 15.4. The molecule has 0 spiro atoms. The molecule has 0 saturated carbocycles. The number of ether oxygens (including phenoxy) is 4. The Hall–Kier alpha value is -3.11. The third-order valence-corrected chi connectivity index (χ3v) is 4.57. The van der Waals surface area contributed by atoms with E-state index in [1.165, 1.54) is 0 Å². The van der Waals surface area contributed by atoms with Crippen molar-refractivity contribution in [2.45, 2.75) is 13.3 Å². The van der Waals surface area contributed by atoms with Gasteiger partial charge >= 0.3 is 5.97 Å². The average molecular weight is 509 g/mol. The monoisotopic (exact) mass is 508 g/mol. The lowest BCUT2D eigenvalue weighted by molar-refractivity contribution is -0.123. The maximum atomic E-state index is 12.2. The van der Waals surface area contributed by atoms with E-state index in [0.717, 1.165) is 6.42 Å². The van der Waals surface area contributed by atoms with Gasteiger partial charge in [0, 0.05) is 12.7 Å². The van der Waals surface area contributed by atoms with Gasteiger partial charge in [-0.05, 0) is 64.8 Å². The number of rotatable bonds is 11. The maximum Gasteiger partial charge on any atom is 0.338 e. The predicted molar refractivity (Wildman–Crippen MR) is 120 cm³/mol. The lowest BCUT2D eigenvalue weighted by atomic mass is 10.2. The number of benzene rings is 2. The van der Waals surface area contributed by atoms with E-state index >= 15 is 0 Å². The zero-order chi connectivity index (χ0) is 23.3. The SMILES string of the molecule is CCCOC(=O)c1ccc(OCC(=O)NNC(=O)c2ccc(OCCOC)c(Br)c2)cc1. The summed E-state index contributed by atoms with van der Waals surface area (Å²) < 4.78 is 21.4. The number of amides is 2.